The highest BCUT2D eigenvalue weighted by atomic mass is 16.3. The molecule has 1 heterocycles. The molecule has 1 saturated heterocycles. The molecule has 0 saturated carbocycles. The monoisotopic (exact) mass is 276 g/mol. The van der Waals surface area contributed by atoms with Crippen molar-refractivity contribution in [1.82, 2.24) is 4.90 Å². The van der Waals surface area contributed by atoms with Crippen molar-refractivity contribution in [3.8, 4) is 0 Å². The van der Waals surface area contributed by atoms with E-state index in [1.54, 1.807) is 0 Å². The third kappa shape index (κ3) is 4.30. The molecule has 0 spiro atoms. The Morgan fingerprint density at radius 1 is 1.20 bits per heavy atom. The smallest absolute Gasteiger partial charge is 0.0491 e. The molecule has 2 rings (SSSR count). The minimum Gasteiger partial charge on any atom is -0.396 e. The Morgan fingerprint density at radius 2 is 1.80 bits per heavy atom. The second kappa shape index (κ2) is 6.25. The number of nitrogens with two attached hydrogens (primary N) is 1. The lowest BCUT2D eigenvalue weighted by Crippen LogP contribution is -2.50. The molecular formula is C17H28N2O. The van der Waals surface area contributed by atoms with Crippen LogP contribution in [0.3, 0.4) is 0 Å². The van der Waals surface area contributed by atoms with Crippen molar-refractivity contribution in [3.05, 3.63) is 35.9 Å². The minimum absolute atomic E-state index is 0.0522. The van der Waals surface area contributed by atoms with Gasteiger partial charge >= 0.3 is 0 Å². The molecule has 1 aromatic rings. The zero-order valence-electron chi connectivity index (χ0n) is 12.8. The number of likely N-dealkylation sites (tertiary alicyclic amines) is 1. The van der Waals surface area contributed by atoms with E-state index in [1.165, 1.54) is 5.56 Å². The van der Waals surface area contributed by atoms with Gasteiger partial charge in [-0.15, -0.1) is 0 Å². The van der Waals surface area contributed by atoms with Crippen LogP contribution in [0.2, 0.25) is 0 Å². The summed E-state index contributed by atoms with van der Waals surface area (Å²) in [5.74, 6) is 0. The fourth-order valence-electron chi connectivity index (χ4n) is 3.18. The highest BCUT2D eigenvalue weighted by Gasteiger charge is 2.35. The summed E-state index contributed by atoms with van der Waals surface area (Å²) in [6, 6.07) is 10.5. The van der Waals surface area contributed by atoms with Gasteiger partial charge in [0, 0.05) is 18.7 Å². The van der Waals surface area contributed by atoms with Crippen LogP contribution >= 0.6 is 0 Å². The molecule has 0 aromatic heterocycles. The molecule has 0 unspecified atom stereocenters. The number of benzene rings is 1. The first-order valence-corrected chi connectivity index (χ1v) is 7.59. The minimum atomic E-state index is -0.140. The van der Waals surface area contributed by atoms with Gasteiger partial charge < -0.3 is 15.7 Å². The quantitative estimate of drug-likeness (QED) is 0.865. The van der Waals surface area contributed by atoms with Crippen molar-refractivity contribution in [2.24, 2.45) is 11.1 Å². The Kier molecular flexibility index (Phi) is 4.84. The first kappa shape index (κ1) is 15.5. The van der Waals surface area contributed by atoms with Crippen molar-refractivity contribution in [2.75, 3.05) is 26.2 Å². The van der Waals surface area contributed by atoms with E-state index in [1.807, 2.05) is 6.07 Å². The van der Waals surface area contributed by atoms with Crippen LogP contribution in [0.15, 0.2) is 30.3 Å². The number of piperidine rings is 1. The predicted molar refractivity (Wildman–Crippen MR) is 83.6 cm³/mol. The molecule has 20 heavy (non-hydrogen) atoms. The Hall–Kier alpha value is -0.900. The van der Waals surface area contributed by atoms with Crippen molar-refractivity contribution >= 4 is 0 Å². The topological polar surface area (TPSA) is 49.5 Å². The second-order valence-electron chi connectivity index (χ2n) is 7.09. The number of hydrogen-bond donors (Lipinski definition) is 2. The van der Waals surface area contributed by atoms with Crippen LogP contribution in [0.25, 0.3) is 0 Å². The SMILES string of the molecule is CC(C)(N)CN1CCC(CO)(Cc2ccccc2)CC1. The Balaban J connectivity index is 1.94. The van der Waals surface area contributed by atoms with Crippen LogP contribution in [0.4, 0.5) is 0 Å². The van der Waals surface area contributed by atoms with E-state index in [4.69, 9.17) is 5.73 Å². The highest BCUT2D eigenvalue weighted by molar-refractivity contribution is 5.17. The van der Waals surface area contributed by atoms with Gasteiger partial charge in [-0.3, -0.25) is 0 Å². The molecule has 1 aromatic carbocycles. The maximum Gasteiger partial charge on any atom is 0.0491 e. The third-order valence-corrected chi connectivity index (χ3v) is 4.31. The molecule has 0 amide bonds. The van der Waals surface area contributed by atoms with Gasteiger partial charge in [0.2, 0.25) is 0 Å². The van der Waals surface area contributed by atoms with E-state index in [0.717, 1.165) is 38.9 Å². The average Bonchev–Trinajstić information content (AvgIpc) is 2.41. The molecule has 1 fully saturated rings. The Morgan fingerprint density at radius 3 is 2.30 bits per heavy atom. The molecule has 3 N–H and O–H groups in total. The van der Waals surface area contributed by atoms with Gasteiger partial charge in [0.05, 0.1) is 0 Å². The molecule has 0 bridgehead atoms. The summed E-state index contributed by atoms with van der Waals surface area (Å²) < 4.78 is 0. The number of nitrogens with zero attached hydrogens (tertiary/aromatic N) is 1. The van der Waals surface area contributed by atoms with Gasteiger partial charge in [0.1, 0.15) is 0 Å². The van der Waals surface area contributed by atoms with E-state index in [9.17, 15) is 5.11 Å². The van der Waals surface area contributed by atoms with Crippen LogP contribution < -0.4 is 5.73 Å². The number of aliphatic hydroxyl groups is 1. The van der Waals surface area contributed by atoms with Crippen molar-refractivity contribution in [1.29, 1.82) is 0 Å². The molecule has 3 heteroatoms. The summed E-state index contributed by atoms with van der Waals surface area (Å²) in [4.78, 5) is 2.43. The Labute approximate surface area is 122 Å². The van der Waals surface area contributed by atoms with Gasteiger partial charge in [0.25, 0.3) is 0 Å². The second-order valence-corrected chi connectivity index (χ2v) is 7.09. The van der Waals surface area contributed by atoms with Crippen LogP contribution in [-0.2, 0) is 6.42 Å². The van der Waals surface area contributed by atoms with Crippen molar-refractivity contribution < 1.29 is 5.11 Å². The molecule has 1 aliphatic heterocycles. The zero-order valence-corrected chi connectivity index (χ0v) is 12.8. The fraction of sp³-hybridized carbons (Fsp3) is 0.647. The summed E-state index contributed by atoms with van der Waals surface area (Å²) in [6.07, 6.45) is 3.08. The van der Waals surface area contributed by atoms with Gasteiger partial charge in [-0.25, -0.2) is 0 Å². The lowest BCUT2D eigenvalue weighted by molar-refractivity contribution is 0.0382. The van der Waals surface area contributed by atoms with Crippen LogP contribution in [0.5, 0.6) is 0 Å². The molecule has 112 valence electrons. The van der Waals surface area contributed by atoms with E-state index in [-0.39, 0.29) is 17.6 Å². The van der Waals surface area contributed by atoms with E-state index < -0.39 is 0 Å². The molecular weight excluding hydrogens is 248 g/mol. The van der Waals surface area contributed by atoms with Crippen molar-refractivity contribution in [2.45, 2.75) is 38.6 Å². The van der Waals surface area contributed by atoms with Crippen LogP contribution in [0, 0.1) is 5.41 Å². The number of hydrogen-bond acceptors (Lipinski definition) is 3. The lowest BCUT2D eigenvalue weighted by Gasteiger charge is -2.42. The summed E-state index contributed by atoms with van der Waals surface area (Å²) in [6.45, 7) is 7.43. The summed E-state index contributed by atoms with van der Waals surface area (Å²) in [5.41, 5.74) is 7.34. The van der Waals surface area contributed by atoms with E-state index in [2.05, 4.69) is 43.0 Å². The summed E-state index contributed by atoms with van der Waals surface area (Å²) >= 11 is 0. The number of aliphatic hydroxyl groups excluding tert-OH is 1. The molecule has 0 atom stereocenters. The predicted octanol–water partition coefficient (Wildman–Crippen LogP) is 2.04. The zero-order chi connectivity index (χ0) is 14.6. The normalized spacial score (nSPS) is 20.0. The summed E-state index contributed by atoms with van der Waals surface area (Å²) in [5, 5.41) is 9.88. The Bertz CT molecular complexity index is 403. The molecule has 0 aliphatic carbocycles. The lowest BCUT2D eigenvalue weighted by atomic mass is 9.74. The molecule has 1 aliphatic rings. The maximum absolute atomic E-state index is 9.88. The first-order valence-electron chi connectivity index (χ1n) is 7.59. The first-order chi connectivity index (χ1) is 9.42. The van der Waals surface area contributed by atoms with Gasteiger partial charge in [-0.05, 0) is 57.2 Å². The standard InChI is InChI=1S/C17H28N2O/c1-16(2,18)13-19-10-8-17(14-20,9-11-19)12-15-6-4-3-5-7-15/h3-7,20H,8-14,18H2,1-2H3. The van der Waals surface area contributed by atoms with Gasteiger partial charge in [-0.1, -0.05) is 30.3 Å². The highest BCUT2D eigenvalue weighted by Crippen LogP contribution is 2.34. The molecule has 0 radical (unpaired) electrons. The van der Waals surface area contributed by atoms with Gasteiger partial charge in [-0.2, -0.15) is 0 Å². The van der Waals surface area contributed by atoms with E-state index >= 15 is 0 Å². The van der Waals surface area contributed by atoms with Gasteiger partial charge in [0.15, 0.2) is 0 Å². The third-order valence-electron chi connectivity index (χ3n) is 4.31. The van der Waals surface area contributed by atoms with E-state index in [0.29, 0.717) is 0 Å². The van der Waals surface area contributed by atoms with Crippen molar-refractivity contribution in [3.63, 3.8) is 0 Å². The maximum atomic E-state index is 9.88. The van der Waals surface area contributed by atoms with Crippen LogP contribution in [-0.4, -0.2) is 41.8 Å². The largest absolute Gasteiger partial charge is 0.396 e. The van der Waals surface area contributed by atoms with Crippen LogP contribution in [0.1, 0.15) is 32.3 Å². The molecule has 3 nitrogen and oxygen atoms in total. The average molecular weight is 276 g/mol. The summed E-state index contributed by atoms with van der Waals surface area (Å²) in [7, 11) is 0. The fourth-order valence-corrected chi connectivity index (χ4v) is 3.18. The number of rotatable bonds is 5.